The maximum atomic E-state index is 12.5. The van der Waals surface area contributed by atoms with Crippen LogP contribution in [0.15, 0.2) is 12.2 Å². The van der Waals surface area contributed by atoms with Crippen LogP contribution >= 0.6 is 0 Å². The molecule has 1 amide bonds. The Kier molecular flexibility index (Phi) is 4.75. The average molecular weight is 238 g/mol. The maximum Gasteiger partial charge on any atom is 0.228 e. The maximum absolute atomic E-state index is 12.5. The monoisotopic (exact) mass is 238 g/mol. The number of likely N-dealkylation sites (N-methyl/N-ethyl adjacent to an activating group) is 1. The van der Waals surface area contributed by atoms with Crippen molar-refractivity contribution in [3.63, 3.8) is 0 Å². The van der Waals surface area contributed by atoms with Crippen molar-refractivity contribution in [2.24, 2.45) is 11.3 Å². The van der Waals surface area contributed by atoms with Crippen LogP contribution in [-0.4, -0.2) is 37.5 Å². The van der Waals surface area contributed by atoms with E-state index in [0.717, 1.165) is 25.1 Å². The molecular weight excluding hydrogens is 212 g/mol. The highest BCUT2D eigenvalue weighted by Crippen LogP contribution is 2.33. The molecule has 98 valence electrons. The van der Waals surface area contributed by atoms with E-state index < -0.39 is 0 Å². The van der Waals surface area contributed by atoms with E-state index in [2.05, 4.69) is 25.7 Å². The molecule has 3 heteroatoms. The standard InChI is InChI=1S/C14H26N2O/c1-11(2)10-16(5)13(17)14(3,4)12-7-6-8-15-9-12/h12,15H,1,6-10H2,2-5H3. The van der Waals surface area contributed by atoms with E-state index in [4.69, 9.17) is 0 Å². The van der Waals surface area contributed by atoms with Gasteiger partial charge in [0.05, 0.1) is 0 Å². The number of nitrogens with one attached hydrogen (secondary N) is 1. The van der Waals surface area contributed by atoms with E-state index >= 15 is 0 Å². The van der Waals surface area contributed by atoms with Gasteiger partial charge in [0.2, 0.25) is 5.91 Å². The van der Waals surface area contributed by atoms with Crippen molar-refractivity contribution >= 4 is 5.91 Å². The molecular formula is C14H26N2O. The smallest absolute Gasteiger partial charge is 0.228 e. The quantitative estimate of drug-likeness (QED) is 0.760. The summed E-state index contributed by atoms with van der Waals surface area (Å²) in [6, 6.07) is 0. The molecule has 1 saturated heterocycles. The number of hydrogen-bond donors (Lipinski definition) is 1. The van der Waals surface area contributed by atoms with Crippen molar-refractivity contribution in [1.29, 1.82) is 0 Å². The van der Waals surface area contributed by atoms with Gasteiger partial charge in [0, 0.05) is 19.0 Å². The lowest BCUT2D eigenvalue weighted by molar-refractivity contribution is -0.142. The number of amides is 1. The summed E-state index contributed by atoms with van der Waals surface area (Å²) in [7, 11) is 1.87. The topological polar surface area (TPSA) is 32.3 Å². The van der Waals surface area contributed by atoms with E-state index in [1.165, 1.54) is 6.42 Å². The molecule has 1 rings (SSSR count). The second-order valence-corrected chi connectivity index (χ2v) is 5.88. The summed E-state index contributed by atoms with van der Waals surface area (Å²) in [5.41, 5.74) is 0.746. The van der Waals surface area contributed by atoms with Crippen molar-refractivity contribution in [1.82, 2.24) is 10.2 Å². The molecule has 1 N–H and O–H groups in total. The molecule has 0 spiro atoms. The van der Waals surface area contributed by atoms with Crippen LogP contribution in [0, 0.1) is 11.3 Å². The van der Waals surface area contributed by atoms with Gasteiger partial charge in [-0.3, -0.25) is 4.79 Å². The molecule has 0 aliphatic carbocycles. The number of carbonyl (C=O) groups is 1. The summed E-state index contributed by atoms with van der Waals surface area (Å²) < 4.78 is 0. The Morgan fingerprint density at radius 1 is 1.53 bits per heavy atom. The zero-order valence-corrected chi connectivity index (χ0v) is 11.7. The minimum absolute atomic E-state index is 0.231. The van der Waals surface area contributed by atoms with Crippen LogP contribution in [0.5, 0.6) is 0 Å². The van der Waals surface area contributed by atoms with Gasteiger partial charge in [-0.05, 0) is 38.8 Å². The number of rotatable bonds is 4. The fourth-order valence-corrected chi connectivity index (χ4v) is 2.61. The molecule has 0 aromatic heterocycles. The molecule has 0 bridgehead atoms. The summed E-state index contributed by atoms with van der Waals surface area (Å²) in [5, 5.41) is 3.39. The highest BCUT2D eigenvalue weighted by Gasteiger charge is 2.38. The predicted molar refractivity (Wildman–Crippen MR) is 71.8 cm³/mol. The summed E-state index contributed by atoms with van der Waals surface area (Å²) in [6.45, 7) is 12.7. The van der Waals surface area contributed by atoms with Crippen molar-refractivity contribution in [3.8, 4) is 0 Å². The molecule has 1 atom stereocenters. The summed E-state index contributed by atoms with van der Waals surface area (Å²) in [4.78, 5) is 14.3. The Morgan fingerprint density at radius 2 is 2.18 bits per heavy atom. The largest absolute Gasteiger partial charge is 0.341 e. The van der Waals surface area contributed by atoms with Crippen LogP contribution in [-0.2, 0) is 4.79 Å². The third-order valence-corrected chi connectivity index (χ3v) is 3.72. The summed E-state index contributed by atoms with van der Waals surface area (Å²) in [5.74, 6) is 0.672. The van der Waals surface area contributed by atoms with Crippen LogP contribution in [0.2, 0.25) is 0 Å². The van der Waals surface area contributed by atoms with E-state index in [-0.39, 0.29) is 11.3 Å². The Balaban J connectivity index is 2.67. The van der Waals surface area contributed by atoms with Crippen LogP contribution < -0.4 is 5.32 Å². The lowest BCUT2D eigenvalue weighted by Gasteiger charge is -2.38. The minimum Gasteiger partial charge on any atom is -0.341 e. The number of piperidine rings is 1. The van der Waals surface area contributed by atoms with Crippen LogP contribution in [0.25, 0.3) is 0 Å². The van der Waals surface area contributed by atoms with Gasteiger partial charge in [0.15, 0.2) is 0 Å². The van der Waals surface area contributed by atoms with Gasteiger partial charge >= 0.3 is 0 Å². The van der Waals surface area contributed by atoms with Gasteiger partial charge in [-0.1, -0.05) is 26.0 Å². The van der Waals surface area contributed by atoms with Crippen molar-refractivity contribution in [2.45, 2.75) is 33.6 Å². The average Bonchev–Trinajstić information content (AvgIpc) is 2.28. The van der Waals surface area contributed by atoms with E-state index in [1.54, 1.807) is 4.90 Å². The molecule has 1 heterocycles. The SMILES string of the molecule is C=C(C)CN(C)C(=O)C(C)(C)C1CCCNC1. The van der Waals surface area contributed by atoms with Crippen molar-refractivity contribution < 1.29 is 4.79 Å². The predicted octanol–water partition coefficient (Wildman–Crippen LogP) is 2.05. The second kappa shape index (κ2) is 5.67. The summed E-state index contributed by atoms with van der Waals surface area (Å²) >= 11 is 0. The first-order valence-electron chi connectivity index (χ1n) is 6.46. The minimum atomic E-state index is -0.280. The Morgan fingerprint density at radius 3 is 2.65 bits per heavy atom. The highest BCUT2D eigenvalue weighted by molar-refractivity contribution is 5.82. The molecule has 1 unspecified atom stereocenters. The van der Waals surface area contributed by atoms with E-state index in [1.807, 2.05) is 14.0 Å². The van der Waals surface area contributed by atoms with Crippen LogP contribution in [0.4, 0.5) is 0 Å². The molecule has 1 aliphatic rings. The molecule has 17 heavy (non-hydrogen) atoms. The number of hydrogen-bond acceptors (Lipinski definition) is 2. The Hall–Kier alpha value is -0.830. The van der Waals surface area contributed by atoms with Gasteiger partial charge in [0.1, 0.15) is 0 Å². The lowest BCUT2D eigenvalue weighted by Crippen LogP contribution is -2.48. The van der Waals surface area contributed by atoms with E-state index in [9.17, 15) is 4.79 Å². The summed E-state index contributed by atoms with van der Waals surface area (Å²) in [6.07, 6.45) is 2.32. The third-order valence-electron chi connectivity index (χ3n) is 3.72. The van der Waals surface area contributed by atoms with Crippen molar-refractivity contribution in [2.75, 3.05) is 26.7 Å². The van der Waals surface area contributed by atoms with Crippen LogP contribution in [0.3, 0.4) is 0 Å². The normalized spacial score (nSPS) is 21.1. The first-order valence-corrected chi connectivity index (χ1v) is 6.46. The Labute approximate surface area is 105 Å². The molecule has 0 aromatic carbocycles. The Bertz CT molecular complexity index is 291. The molecule has 0 aromatic rings. The van der Waals surface area contributed by atoms with Gasteiger partial charge in [0.25, 0.3) is 0 Å². The third kappa shape index (κ3) is 3.56. The highest BCUT2D eigenvalue weighted by atomic mass is 16.2. The number of carbonyl (C=O) groups excluding carboxylic acids is 1. The van der Waals surface area contributed by atoms with Crippen LogP contribution in [0.1, 0.15) is 33.6 Å². The molecule has 3 nitrogen and oxygen atoms in total. The zero-order valence-electron chi connectivity index (χ0n) is 11.7. The number of nitrogens with zero attached hydrogens (tertiary/aromatic N) is 1. The van der Waals surface area contributed by atoms with Gasteiger partial charge in [-0.2, -0.15) is 0 Å². The molecule has 0 radical (unpaired) electrons. The van der Waals surface area contributed by atoms with E-state index in [0.29, 0.717) is 12.5 Å². The van der Waals surface area contributed by atoms with Gasteiger partial charge < -0.3 is 10.2 Å². The first kappa shape index (κ1) is 14.2. The molecule has 1 fully saturated rings. The zero-order chi connectivity index (χ0) is 13.1. The fraction of sp³-hybridized carbons (Fsp3) is 0.786. The van der Waals surface area contributed by atoms with Gasteiger partial charge in [-0.25, -0.2) is 0 Å². The van der Waals surface area contributed by atoms with Crippen molar-refractivity contribution in [3.05, 3.63) is 12.2 Å². The molecule has 0 saturated carbocycles. The molecule has 1 aliphatic heterocycles. The lowest BCUT2D eigenvalue weighted by atomic mass is 9.74. The fourth-order valence-electron chi connectivity index (χ4n) is 2.61. The van der Waals surface area contributed by atoms with Gasteiger partial charge in [-0.15, -0.1) is 0 Å². The first-order chi connectivity index (χ1) is 7.85. The second-order valence-electron chi connectivity index (χ2n) is 5.88.